The molecule has 0 aliphatic heterocycles. The fourth-order valence-corrected chi connectivity index (χ4v) is 2.41. The monoisotopic (exact) mass is 199 g/mol. The lowest BCUT2D eigenvalue weighted by Gasteiger charge is -2.22. The van der Waals surface area contributed by atoms with E-state index in [0.29, 0.717) is 0 Å². The summed E-state index contributed by atoms with van der Waals surface area (Å²) in [6.45, 7) is 0. The summed E-state index contributed by atoms with van der Waals surface area (Å²) in [6.07, 6.45) is 8.51. The molecule has 0 unspecified atom stereocenters. The van der Waals surface area contributed by atoms with Gasteiger partial charge in [-0.2, -0.15) is 0 Å². The van der Waals surface area contributed by atoms with E-state index in [9.17, 15) is 0 Å². The Kier molecular flexibility index (Phi) is 2.20. The van der Waals surface area contributed by atoms with Crippen molar-refractivity contribution in [3.63, 3.8) is 0 Å². The maximum absolute atomic E-state index is 4.44. The van der Waals surface area contributed by atoms with Gasteiger partial charge in [-0.25, -0.2) is 4.98 Å². The maximum Gasteiger partial charge on any atom is 0.0964 e. The first-order valence-corrected chi connectivity index (χ1v) is 5.72. The first-order valence-electron chi connectivity index (χ1n) is 5.72. The third-order valence-corrected chi connectivity index (χ3v) is 3.22. The molecule has 15 heavy (non-hydrogen) atoms. The van der Waals surface area contributed by atoms with Crippen molar-refractivity contribution in [1.82, 2.24) is 9.55 Å². The van der Waals surface area contributed by atoms with Crippen molar-refractivity contribution >= 4 is 11.0 Å². The Morgan fingerprint density at radius 3 is 2.67 bits per heavy atom. The largest absolute Gasteiger partial charge is 0.322 e. The average Bonchev–Trinajstić information content (AvgIpc) is 2.74. The quantitative estimate of drug-likeness (QED) is 0.688. The molecule has 0 bridgehead atoms. The lowest BCUT2D eigenvalue weighted by molar-refractivity contribution is 0.494. The first kappa shape index (κ1) is 8.96. The SMILES string of the molecule is c1ccc2c(c1)ncn2[C]1CCCCC1. The van der Waals surface area contributed by atoms with Crippen LogP contribution in [0.25, 0.3) is 11.0 Å². The molecule has 1 aromatic heterocycles. The van der Waals surface area contributed by atoms with Crippen molar-refractivity contribution in [2.24, 2.45) is 0 Å². The Morgan fingerprint density at radius 2 is 1.80 bits per heavy atom. The Morgan fingerprint density at radius 1 is 1.00 bits per heavy atom. The van der Waals surface area contributed by atoms with E-state index in [1.165, 1.54) is 43.7 Å². The maximum atomic E-state index is 4.44. The molecule has 1 aliphatic rings. The van der Waals surface area contributed by atoms with Crippen molar-refractivity contribution in [3.8, 4) is 0 Å². The van der Waals surface area contributed by atoms with E-state index in [2.05, 4.69) is 27.8 Å². The minimum atomic E-state index is 1.11. The molecule has 1 aliphatic carbocycles. The van der Waals surface area contributed by atoms with Gasteiger partial charge in [0, 0.05) is 0 Å². The average molecular weight is 199 g/mol. The van der Waals surface area contributed by atoms with E-state index >= 15 is 0 Å². The first-order chi connectivity index (χ1) is 7.45. The second-order valence-corrected chi connectivity index (χ2v) is 4.23. The molecule has 1 radical (unpaired) electrons. The summed E-state index contributed by atoms with van der Waals surface area (Å²) in [7, 11) is 0. The Bertz CT molecular complexity index is 452. The highest BCUT2D eigenvalue weighted by atomic mass is 15.1. The number of fused-ring (bicyclic) bond motifs is 1. The van der Waals surface area contributed by atoms with E-state index in [1.807, 2.05) is 12.4 Å². The van der Waals surface area contributed by atoms with Crippen LogP contribution >= 0.6 is 0 Å². The topological polar surface area (TPSA) is 17.8 Å². The third kappa shape index (κ3) is 1.54. The van der Waals surface area contributed by atoms with Crippen molar-refractivity contribution in [2.45, 2.75) is 32.1 Å². The van der Waals surface area contributed by atoms with Crippen molar-refractivity contribution in [2.75, 3.05) is 0 Å². The van der Waals surface area contributed by atoms with Gasteiger partial charge in [-0.15, -0.1) is 0 Å². The number of imidazole rings is 1. The lowest BCUT2D eigenvalue weighted by atomic mass is 9.95. The van der Waals surface area contributed by atoms with Gasteiger partial charge in [-0.3, -0.25) is 0 Å². The molecule has 0 amide bonds. The molecule has 1 heterocycles. The van der Waals surface area contributed by atoms with Crippen LogP contribution in [0, 0.1) is 6.04 Å². The Balaban J connectivity index is 2.02. The van der Waals surface area contributed by atoms with Crippen LogP contribution < -0.4 is 0 Å². The predicted molar refractivity (Wildman–Crippen MR) is 61.5 cm³/mol. The highest BCUT2D eigenvalue weighted by Gasteiger charge is 2.17. The molecule has 0 spiro atoms. The fraction of sp³-hybridized carbons (Fsp3) is 0.385. The Hall–Kier alpha value is -1.31. The summed E-state index contributed by atoms with van der Waals surface area (Å²) in [5.41, 5.74) is 2.37. The van der Waals surface area contributed by atoms with Gasteiger partial charge in [0.2, 0.25) is 0 Å². The minimum Gasteiger partial charge on any atom is -0.322 e. The van der Waals surface area contributed by atoms with Gasteiger partial charge in [0.25, 0.3) is 0 Å². The van der Waals surface area contributed by atoms with E-state index in [-0.39, 0.29) is 0 Å². The van der Waals surface area contributed by atoms with E-state index in [0.717, 1.165) is 5.52 Å². The molecule has 1 fully saturated rings. The van der Waals surface area contributed by atoms with Crippen LogP contribution in [0.15, 0.2) is 30.6 Å². The number of benzene rings is 1. The van der Waals surface area contributed by atoms with Crippen LogP contribution in [0.2, 0.25) is 0 Å². The van der Waals surface area contributed by atoms with E-state index in [4.69, 9.17) is 0 Å². The molecule has 1 saturated carbocycles. The molecule has 3 rings (SSSR count). The van der Waals surface area contributed by atoms with E-state index in [1.54, 1.807) is 0 Å². The number of hydrogen-bond acceptors (Lipinski definition) is 1. The van der Waals surface area contributed by atoms with Crippen LogP contribution in [-0.2, 0) is 0 Å². The molecular weight excluding hydrogens is 184 g/mol. The standard InChI is InChI=1S/C13H15N2/c1-2-6-11(7-3-1)15-10-14-12-8-4-5-9-13(12)15/h4-5,8-10H,1-3,6-7H2. The van der Waals surface area contributed by atoms with Crippen molar-refractivity contribution < 1.29 is 0 Å². The van der Waals surface area contributed by atoms with Gasteiger partial charge in [-0.1, -0.05) is 31.4 Å². The predicted octanol–water partition coefficient (Wildman–Crippen LogP) is 3.38. The summed E-state index contributed by atoms with van der Waals surface area (Å²) in [5.74, 6) is 0. The van der Waals surface area contributed by atoms with Gasteiger partial charge >= 0.3 is 0 Å². The summed E-state index contributed by atoms with van der Waals surface area (Å²) in [6, 6.07) is 9.91. The Labute approximate surface area is 89.9 Å². The van der Waals surface area contributed by atoms with Crippen LogP contribution in [-0.4, -0.2) is 9.55 Å². The van der Waals surface area contributed by atoms with Gasteiger partial charge < -0.3 is 4.57 Å². The second kappa shape index (κ2) is 3.69. The van der Waals surface area contributed by atoms with Gasteiger partial charge in [0.05, 0.1) is 23.4 Å². The number of nitrogens with zero attached hydrogens (tertiary/aromatic N) is 2. The molecule has 1 aromatic carbocycles. The fourth-order valence-electron chi connectivity index (χ4n) is 2.41. The molecule has 2 aromatic rings. The molecule has 0 saturated heterocycles. The normalized spacial score (nSPS) is 18.4. The van der Waals surface area contributed by atoms with Crippen molar-refractivity contribution in [3.05, 3.63) is 36.6 Å². The zero-order chi connectivity index (χ0) is 10.1. The number of rotatable bonds is 1. The number of aromatic nitrogens is 2. The van der Waals surface area contributed by atoms with Crippen LogP contribution in [0.1, 0.15) is 32.1 Å². The number of hydrogen-bond donors (Lipinski definition) is 0. The molecule has 0 atom stereocenters. The second-order valence-electron chi connectivity index (χ2n) is 4.23. The summed E-state index contributed by atoms with van der Waals surface area (Å²) >= 11 is 0. The molecule has 77 valence electrons. The summed E-state index contributed by atoms with van der Waals surface area (Å²) in [5, 5.41) is 0. The molecule has 0 N–H and O–H groups in total. The van der Waals surface area contributed by atoms with Gasteiger partial charge in [0.15, 0.2) is 0 Å². The highest BCUT2D eigenvalue weighted by molar-refractivity contribution is 5.75. The van der Waals surface area contributed by atoms with E-state index < -0.39 is 0 Å². The zero-order valence-corrected chi connectivity index (χ0v) is 8.82. The summed E-state index contributed by atoms with van der Waals surface area (Å²) in [4.78, 5) is 4.44. The summed E-state index contributed by atoms with van der Waals surface area (Å²) < 4.78 is 2.29. The smallest absolute Gasteiger partial charge is 0.0964 e. The lowest BCUT2D eigenvalue weighted by Crippen LogP contribution is -2.12. The van der Waals surface area contributed by atoms with Crippen LogP contribution in [0.5, 0.6) is 0 Å². The van der Waals surface area contributed by atoms with Gasteiger partial charge in [-0.05, 0) is 25.0 Å². The van der Waals surface area contributed by atoms with Crippen molar-refractivity contribution in [1.29, 1.82) is 0 Å². The third-order valence-electron chi connectivity index (χ3n) is 3.22. The minimum absolute atomic E-state index is 1.11. The molecule has 2 nitrogen and oxygen atoms in total. The van der Waals surface area contributed by atoms with Crippen LogP contribution in [0.4, 0.5) is 0 Å². The van der Waals surface area contributed by atoms with Crippen LogP contribution in [0.3, 0.4) is 0 Å². The molecule has 2 heteroatoms. The van der Waals surface area contributed by atoms with Gasteiger partial charge in [0.1, 0.15) is 0 Å². The highest BCUT2D eigenvalue weighted by Crippen LogP contribution is 2.29. The zero-order valence-electron chi connectivity index (χ0n) is 8.82. The number of para-hydroxylation sites is 2. The molecular formula is C13H15N2.